The Kier molecular flexibility index (Phi) is 11.1. The Morgan fingerprint density at radius 3 is 2.07 bits per heavy atom. The zero-order valence-electron chi connectivity index (χ0n) is 25.0. The summed E-state index contributed by atoms with van der Waals surface area (Å²) < 4.78 is 32.1. The number of nitrogens with one attached hydrogen (secondary N) is 3. The Bertz CT molecular complexity index is 1680. The van der Waals surface area contributed by atoms with E-state index in [0.29, 0.717) is 36.6 Å². The van der Waals surface area contributed by atoms with Crippen molar-refractivity contribution in [3.63, 3.8) is 0 Å². The van der Waals surface area contributed by atoms with Crippen molar-refractivity contribution in [2.75, 3.05) is 24.2 Å². The fourth-order valence-electron chi connectivity index (χ4n) is 5.74. The topological polar surface area (TPSA) is 134 Å². The highest BCUT2D eigenvalue weighted by Gasteiger charge is 2.33. The second kappa shape index (κ2) is 15.4. The molecule has 4 aromatic carbocycles. The first-order valence-electron chi connectivity index (χ1n) is 15.0. The predicted octanol–water partition coefficient (Wildman–Crippen LogP) is 5.51. The van der Waals surface area contributed by atoms with E-state index in [1.54, 1.807) is 24.3 Å². The molecule has 3 atom stereocenters. The molecule has 9 nitrogen and oxygen atoms in total. The SMILES string of the molecule is O=C(O)N[C@H](C(=O)Nc1ccccc1CC[C@@H]1CNC[C@@H](CS(=O)(=O)c2ccc(Cl)cc2)O1)C(c1ccccc1)c1ccccc1. The van der Waals surface area contributed by atoms with Crippen molar-refractivity contribution in [3.05, 3.63) is 131 Å². The summed E-state index contributed by atoms with van der Waals surface area (Å²) in [5.41, 5.74) is 3.01. The number of hydrogen-bond acceptors (Lipinski definition) is 6. The van der Waals surface area contributed by atoms with Crippen LogP contribution in [-0.4, -0.2) is 62.6 Å². The van der Waals surface area contributed by atoms with E-state index in [4.69, 9.17) is 16.3 Å². The average Bonchev–Trinajstić information content (AvgIpc) is 3.05. The molecule has 1 aliphatic rings. The summed E-state index contributed by atoms with van der Waals surface area (Å²) >= 11 is 5.92. The molecule has 0 aromatic heterocycles. The van der Waals surface area contributed by atoms with Crippen LogP contribution in [0.15, 0.2) is 114 Å². The number of hydrogen-bond donors (Lipinski definition) is 4. The summed E-state index contributed by atoms with van der Waals surface area (Å²) in [7, 11) is -3.57. The van der Waals surface area contributed by atoms with Crippen LogP contribution < -0.4 is 16.0 Å². The van der Waals surface area contributed by atoms with Gasteiger partial charge in [0, 0.05) is 29.7 Å². The molecule has 1 fully saturated rings. The quantitative estimate of drug-likeness (QED) is 0.157. The molecule has 0 unspecified atom stereocenters. The van der Waals surface area contributed by atoms with Crippen molar-refractivity contribution in [2.24, 2.45) is 0 Å². The third kappa shape index (κ3) is 8.73. The molecule has 0 bridgehead atoms. The minimum Gasteiger partial charge on any atom is -0.465 e. The number of para-hydroxylation sites is 1. The van der Waals surface area contributed by atoms with E-state index in [9.17, 15) is 23.1 Å². The van der Waals surface area contributed by atoms with Gasteiger partial charge in [0.2, 0.25) is 5.91 Å². The van der Waals surface area contributed by atoms with E-state index >= 15 is 0 Å². The third-order valence-electron chi connectivity index (χ3n) is 7.93. The lowest BCUT2D eigenvalue weighted by Gasteiger charge is -2.31. The molecule has 1 heterocycles. The molecule has 0 aliphatic carbocycles. The molecular formula is C35H36ClN3O6S. The molecular weight excluding hydrogens is 626 g/mol. The summed E-state index contributed by atoms with van der Waals surface area (Å²) in [6.45, 7) is 0.977. The van der Waals surface area contributed by atoms with E-state index in [1.807, 2.05) is 72.8 Å². The molecule has 11 heteroatoms. The normalized spacial score (nSPS) is 17.3. The van der Waals surface area contributed by atoms with E-state index in [-0.39, 0.29) is 16.8 Å². The molecule has 240 valence electrons. The highest BCUT2D eigenvalue weighted by atomic mass is 35.5. The maximum absolute atomic E-state index is 13.9. The second-order valence-electron chi connectivity index (χ2n) is 11.2. The summed E-state index contributed by atoms with van der Waals surface area (Å²) in [4.78, 5) is 26.0. The van der Waals surface area contributed by atoms with Crippen LogP contribution in [0.1, 0.15) is 29.0 Å². The fourth-order valence-corrected chi connectivity index (χ4v) is 7.30. The maximum atomic E-state index is 13.9. The molecule has 4 aromatic rings. The van der Waals surface area contributed by atoms with Gasteiger partial charge in [-0.25, -0.2) is 13.2 Å². The number of carbonyl (C=O) groups excluding carboxylic acids is 1. The molecule has 0 spiro atoms. The Morgan fingerprint density at radius 2 is 1.43 bits per heavy atom. The van der Waals surface area contributed by atoms with Gasteiger partial charge in [-0.15, -0.1) is 0 Å². The maximum Gasteiger partial charge on any atom is 0.405 e. The highest BCUT2D eigenvalue weighted by Crippen LogP contribution is 2.30. The smallest absolute Gasteiger partial charge is 0.405 e. The lowest BCUT2D eigenvalue weighted by Crippen LogP contribution is -2.47. The first kappa shape index (κ1) is 33.2. The van der Waals surface area contributed by atoms with Crippen LogP contribution >= 0.6 is 11.6 Å². The largest absolute Gasteiger partial charge is 0.465 e. The van der Waals surface area contributed by atoms with Gasteiger partial charge in [-0.05, 0) is 59.9 Å². The van der Waals surface area contributed by atoms with Gasteiger partial charge in [0.15, 0.2) is 9.84 Å². The number of sulfone groups is 1. The van der Waals surface area contributed by atoms with Crippen LogP contribution in [0, 0.1) is 0 Å². The van der Waals surface area contributed by atoms with Crippen molar-refractivity contribution in [1.82, 2.24) is 10.6 Å². The van der Waals surface area contributed by atoms with Crippen LogP contribution in [0.25, 0.3) is 0 Å². The molecule has 46 heavy (non-hydrogen) atoms. The monoisotopic (exact) mass is 661 g/mol. The Labute approximate surface area is 273 Å². The van der Waals surface area contributed by atoms with Gasteiger partial charge in [0.05, 0.1) is 22.9 Å². The Morgan fingerprint density at radius 1 is 0.848 bits per heavy atom. The van der Waals surface area contributed by atoms with E-state index in [0.717, 1.165) is 16.7 Å². The number of halogens is 1. The number of carboxylic acid groups (broad SMARTS) is 1. The van der Waals surface area contributed by atoms with E-state index < -0.39 is 39.9 Å². The van der Waals surface area contributed by atoms with Gasteiger partial charge in [0.1, 0.15) is 6.04 Å². The number of ether oxygens (including phenoxy) is 1. The van der Waals surface area contributed by atoms with Crippen LogP contribution in [0.2, 0.25) is 5.02 Å². The van der Waals surface area contributed by atoms with Gasteiger partial charge in [-0.1, -0.05) is 90.5 Å². The number of anilines is 1. The Balaban J connectivity index is 1.28. The van der Waals surface area contributed by atoms with Crippen molar-refractivity contribution in [2.45, 2.75) is 41.9 Å². The number of benzene rings is 4. The number of aryl methyl sites for hydroxylation is 1. The summed E-state index contributed by atoms with van der Waals surface area (Å²) in [6, 6.07) is 31.0. The zero-order valence-corrected chi connectivity index (χ0v) is 26.6. The number of carbonyl (C=O) groups is 2. The summed E-state index contributed by atoms with van der Waals surface area (Å²) in [5.74, 6) is -1.23. The van der Waals surface area contributed by atoms with E-state index in [1.165, 1.54) is 12.1 Å². The van der Waals surface area contributed by atoms with Crippen LogP contribution in [0.5, 0.6) is 0 Å². The minimum atomic E-state index is -3.57. The van der Waals surface area contributed by atoms with Crippen LogP contribution in [-0.2, 0) is 25.8 Å². The molecule has 0 radical (unpaired) electrons. The fraction of sp³-hybridized carbons (Fsp3) is 0.257. The van der Waals surface area contributed by atoms with Crippen molar-refractivity contribution >= 4 is 39.1 Å². The van der Waals surface area contributed by atoms with Gasteiger partial charge in [0.25, 0.3) is 0 Å². The minimum absolute atomic E-state index is 0.160. The van der Waals surface area contributed by atoms with Gasteiger partial charge < -0.3 is 25.8 Å². The third-order valence-corrected chi connectivity index (χ3v) is 9.98. The number of morpholine rings is 1. The standard InChI is InChI=1S/C35H36ClN3O6S/c36-27-16-19-30(20-17-27)46(43,44)23-29-22-37-21-28(45-29)18-15-24-9-7-8-14-31(24)38-34(40)33(39-35(41)42)32(25-10-3-1-4-11-25)26-12-5-2-6-13-26/h1-14,16-17,19-20,28-29,32-33,37,39H,15,18,21-23H2,(H,38,40)(H,41,42)/t28-,29+,33+/m1/s1. The molecule has 2 amide bonds. The molecule has 1 saturated heterocycles. The average molecular weight is 662 g/mol. The van der Waals surface area contributed by atoms with Gasteiger partial charge >= 0.3 is 6.09 Å². The molecule has 1 aliphatic heterocycles. The summed E-state index contributed by atoms with van der Waals surface area (Å²) in [6.07, 6.45) is -0.961. The predicted molar refractivity (Wildman–Crippen MR) is 178 cm³/mol. The van der Waals surface area contributed by atoms with Crippen LogP contribution in [0.4, 0.5) is 10.5 Å². The Hall–Kier alpha value is -4.22. The molecule has 4 N–H and O–H groups in total. The number of amides is 2. The highest BCUT2D eigenvalue weighted by molar-refractivity contribution is 7.91. The zero-order chi connectivity index (χ0) is 32.5. The first-order chi connectivity index (χ1) is 22.2. The van der Waals surface area contributed by atoms with Crippen molar-refractivity contribution < 1.29 is 27.9 Å². The van der Waals surface area contributed by atoms with Gasteiger partial charge in [-0.2, -0.15) is 0 Å². The lowest BCUT2D eigenvalue weighted by molar-refractivity contribution is -0.118. The molecule has 5 rings (SSSR count). The van der Waals surface area contributed by atoms with E-state index in [2.05, 4.69) is 16.0 Å². The molecule has 0 saturated carbocycles. The summed E-state index contributed by atoms with van der Waals surface area (Å²) in [5, 5.41) is 18.9. The van der Waals surface area contributed by atoms with Gasteiger partial charge in [-0.3, -0.25) is 4.79 Å². The number of rotatable bonds is 12. The van der Waals surface area contributed by atoms with Crippen LogP contribution in [0.3, 0.4) is 0 Å². The van der Waals surface area contributed by atoms with Crippen molar-refractivity contribution in [3.8, 4) is 0 Å². The first-order valence-corrected chi connectivity index (χ1v) is 17.1. The lowest BCUT2D eigenvalue weighted by atomic mass is 9.84. The second-order valence-corrected chi connectivity index (χ2v) is 13.7. The van der Waals surface area contributed by atoms with Crippen molar-refractivity contribution in [1.29, 1.82) is 0 Å².